The zero-order valence-electron chi connectivity index (χ0n) is 13.7. The Labute approximate surface area is 131 Å². The van der Waals surface area contributed by atoms with E-state index in [9.17, 15) is 14.4 Å². The van der Waals surface area contributed by atoms with E-state index in [1.807, 2.05) is 20.8 Å². The molecule has 0 spiro atoms. The molecule has 126 valence electrons. The molecule has 7 nitrogen and oxygen atoms in total. The summed E-state index contributed by atoms with van der Waals surface area (Å²) in [5, 5.41) is 11.4. The Morgan fingerprint density at radius 1 is 1.27 bits per heavy atom. The lowest BCUT2D eigenvalue weighted by atomic mass is 10.0. The highest BCUT2D eigenvalue weighted by atomic mass is 16.6. The fourth-order valence-electron chi connectivity index (χ4n) is 2.22. The summed E-state index contributed by atoms with van der Waals surface area (Å²) in [6.45, 7) is 6.61. The molecule has 0 saturated carbocycles. The fraction of sp³-hybridized carbons (Fsp3) is 0.800. The molecule has 0 aliphatic carbocycles. The molecular formula is C15H26N2O5. The first-order valence-electron chi connectivity index (χ1n) is 7.71. The van der Waals surface area contributed by atoms with Gasteiger partial charge in [-0.2, -0.15) is 0 Å². The van der Waals surface area contributed by atoms with E-state index in [0.29, 0.717) is 13.0 Å². The average Bonchev–Trinajstić information content (AvgIpc) is 3.23. The summed E-state index contributed by atoms with van der Waals surface area (Å²) in [6, 6.07) is -0.645. The number of nitrogens with one attached hydrogen (secondary N) is 1. The van der Waals surface area contributed by atoms with Crippen LogP contribution in [0.1, 0.15) is 40.0 Å². The maximum absolute atomic E-state index is 12.4. The van der Waals surface area contributed by atoms with Crippen molar-refractivity contribution in [1.29, 1.82) is 0 Å². The van der Waals surface area contributed by atoms with E-state index in [-0.39, 0.29) is 11.8 Å². The highest BCUT2D eigenvalue weighted by molar-refractivity contribution is 5.95. The Morgan fingerprint density at radius 2 is 1.91 bits per heavy atom. The van der Waals surface area contributed by atoms with Gasteiger partial charge in [-0.05, 0) is 18.8 Å². The molecule has 2 N–H and O–H groups in total. The summed E-state index contributed by atoms with van der Waals surface area (Å²) in [5.74, 6) is -1.62. The van der Waals surface area contributed by atoms with Crippen molar-refractivity contribution < 1.29 is 24.2 Å². The number of aliphatic carboxylic acids is 1. The first kappa shape index (κ1) is 18.4. The maximum atomic E-state index is 12.4. The maximum Gasteiger partial charge on any atom is 0.336 e. The molecule has 1 saturated heterocycles. The van der Waals surface area contributed by atoms with E-state index in [0.717, 1.165) is 12.8 Å². The standard InChI is InChI=1S/C15H26N2O5/c1-5-6-7-17(4)14(19)10(8-9(2)3)16-13(18)11-12(22-11)15(20)21/h9-12H,5-8H2,1-4H3,(H,16,18)(H,20,21)/t10-,11-,12-/m0/s1. The highest BCUT2D eigenvalue weighted by Crippen LogP contribution is 2.22. The molecule has 1 aliphatic rings. The summed E-state index contributed by atoms with van der Waals surface area (Å²) in [6.07, 6.45) is 0.311. The average molecular weight is 314 g/mol. The van der Waals surface area contributed by atoms with Crippen LogP contribution in [-0.2, 0) is 19.1 Å². The number of carboxylic acid groups (broad SMARTS) is 1. The number of epoxide rings is 1. The number of ether oxygens (including phenoxy) is 1. The minimum absolute atomic E-state index is 0.150. The number of hydrogen-bond acceptors (Lipinski definition) is 4. The number of carbonyl (C=O) groups is 3. The fourth-order valence-corrected chi connectivity index (χ4v) is 2.22. The third-order valence-electron chi connectivity index (χ3n) is 3.54. The number of rotatable bonds is 9. The zero-order valence-corrected chi connectivity index (χ0v) is 13.7. The van der Waals surface area contributed by atoms with Crippen molar-refractivity contribution in [3.8, 4) is 0 Å². The normalized spacial score (nSPS) is 21.3. The van der Waals surface area contributed by atoms with Crippen molar-refractivity contribution in [1.82, 2.24) is 10.2 Å². The van der Waals surface area contributed by atoms with Gasteiger partial charge in [-0.25, -0.2) is 4.79 Å². The van der Waals surface area contributed by atoms with E-state index in [2.05, 4.69) is 5.32 Å². The second kappa shape index (κ2) is 8.12. The number of nitrogens with zero attached hydrogens (tertiary/aromatic N) is 1. The molecule has 0 radical (unpaired) electrons. The first-order chi connectivity index (χ1) is 10.3. The Morgan fingerprint density at radius 3 is 2.36 bits per heavy atom. The van der Waals surface area contributed by atoms with Crippen molar-refractivity contribution in [2.45, 2.75) is 58.3 Å². The zero-order chi connectivity index (χ0) is 16.9. The van der Waals surface area contributed by atoms with Crippen LogP contribution in [0.2, 0.25) is 0 Å². The van der Waals surface area contributed by atoms with Crippen LogP contribution in [0, 0.1) is 5.92 Å². The Hall–Kier alpha value is -1.63. The first-order valence-corrected chi connectivity index (χ1v) is 7.71. The lowest BCUT2D eigenvalue weighted by Gasteiger charge is -2.25. The number of carbonyl (C=O) groups excluding carboxylic acids is 2. The van der Waals surface area contributed by atoms with Gasteiger partial charge in [0.1, 0.15) is 6.04 Å². The summed E-state index contributed by atoms with van der Waals surface area (Å²) in [7, 11) is 1.71. The molecule has 0 aromatic carbocycles. The highest BCUT2D eigenvalue weighted by Gasteiger charge is 2.51. The second-order valence-electron chi connectivity index (χ2n) is 6.12. The quantitative estimate of drug-likeness (QED) is 0.608. The Kier molecular flexibility index (Phi) is 6.80. The molecule has 0 unspecified atom stereocenters. The second-order valence-corrected chi connectivity index (χ2v) is 6.12. The predicted octanol–water partition coefficient (Wildman–Crippen LogP) is 0.628. The van der Waals surface area contributed by atoms with Gasteiger partial charge in [0.25, 0.3) is 5.91 Å². The number of amides is 2. The minimum atomic E-state index is -1.16. The third kappa shape index (κ3) is 5.29. The molecule has 1 aliphatic heterocycles. The van der Waals surface area contributed by atoms with E-state index in [1.165, 1.54) is 0 Å². The third-order valence-corrected chi connectivity index (χ3v) is 3.54. The van der Waals surface area contributed by atoms with Crippen LogP contribution in [0.3, 0.4) is 0 Å². The Balaban J connectivity index is 2.62. The summed E-state index contributed by atoms with van der Waals surface area (Å²) >= 11 is 0. The van der Waals surface area contributed by atoms with Gasteiger partial charge in [-0.15, -0.1) is 0 Å². The summed E-state index contributed by atoms with van der Waals surface area (Å²) < 4.78 is 4.81. The molecule has 1 fully saturated rings. The minimum Gasteiger partial charge on any atom is -0.479 e. The molecule has 22 heavy (non-hydrogen) atoms. The van der Waals surface area contributed by atoms with Crippen molar-refractivity contribution in [2.75, 3.05) is 13.6 Å². The molecule has 0 bridgehead atoms. The van der Waals surface area contributed by atoms with Crippen molar-refractivity contribution >= 4 is 17.8 Å². The molecule has 0 aromatic heterocycles. The van der Waals surface area contributed by atoms with Gasteiger partial charge in [-0.3, -0.25) is 9.59 Å². The van der Waals surface area contributed by atoms with Gasteiger partial charge in [-0.1, -0.05) is 27.2 Å². The van der Waals surface area contributed by atoms with Crippen LogP contribution in [0.15, 0.2) is 0 Å². The summed E-state index contributed by atoms with van der Waals surface area (Å²) in [4.78, 5) is 36.7. The number of carboxylic acids is 1. The van der Waals surface area contributed by atoms with Gasteiger partial charge in [0.2, 0.25) is 5.91 Å². The summed E-state index contributed by atoms with van der Waals surface area (Å²) in [5.41, 5.74) is 0. The SMILES string of the molecule is CCCCN(C)C(=O)[C@H](CC(C)C)NC(=O)[C@H]1O[C@@H]1C(=O)O. The van der Waals surface area contributed by atoms with Crippen LogP contribution in [0.25, 0.3) is 0 Å². The number of unbranched alkanes of at least 4 members (excludes halogenated alkanes) is 1. The largest absolute Gasteiger partial charge is 0.479 e. The van der Waals surface area contributed by atoms with E-state index < -0.39 is 30.1 Å². The number of hydrogen-bond donors (Lipinski definition) is 2. The molecule has 3 atom stereocenters. The monoisotopic (exact) mass is 314 g/mol. The molecule has 0 aromatic rings. The smallest absolute Gasteiger partial charge is 0.336 e. The lowest BCUT2D eigenvalue weighted by Crippen LogP contribution is -2.49. The molecule has 1 rings (SSSR count). The van der Waals surface area contributed by atoms with Gasteiger partial charge >= 0.3 is 5.97 Å². The Bertz CT molecular complexity index is 424. The van der Waals surface area contributed by atoms with E-state index in [1.54, 1.807) is 11.9 Å². The van der Waals surface area contributed by atoms with E-state index in [4.69, 9.17) is 9.84 Å². The topological polar surface area (TPSA) is 99.2 Å². The van der Waals surface area contributed by atoms with Gasteiger partial charge < -0.3 is 20.1 Å². The van der Waals surface area contributed by atoms with Gasteiger partial charge in [0.15, 0.2) is 12.2 Å². The van der Waals surface area contributed by atoms with Crippen LogP contribution < -0.4 is 5.32 Å². The molecular weight excluding hydrogens is 288 g/mol. The predicted molar refractivity (Wildman–Crippen MR) is 80.2 cm³/mol. The molecule has 7 heteroatoms. The molecule has 1 heterocycles. The van der Waals surface area contributed by atoms with Crippen molar-refractivity contribution in [2.24, 2.45) is 5.92 Å². The lowest BCUT2D eigenvalue weighted by molar-refractivity contribution is -0.138. The van der Waals surface area contributed by atoms with Crippen LogP contribution >= 0.6 is 0 Å². The van der Waals surface area contributed by atoms with Crippen LogP contribution in [0.5, 0.6) is 0 Å². The van der Waals surface area contributed by atoms with Crippen molar-refractivity contribution in [3.05, 3.63) is 0 Å². The van der Waals surface area contributed by atoms with Crippen molar-refractivity contribution in [3.63, 3.8) is 0 Å². The van der Waals surface area contributed by atoms with Crippen LogP contribution in [-0.4, -0.2) is 59.6 Å². The van der Waals surface area contributed by atoms with E-state index >= 15 is 0 Å². The molecule has 2 amide bonds. The van der Waals surface area contributed by atoms with Gasteiger partial charge in [0, 0.05) is 13.6 Å². The van der Waals surface area contributed by atoms with Crippen LogP contribution in [0.4, 0.5) is 0 Å². The number of likely N-dealkylation sites (N-methyl/N-ethyl adjacent to an activating group) is 1. The van der Waals surface area contributed by atoms with Gasteiger partial charge in [0.05, 0.1) is 0 Å².